The zero-order valence-corrected chi connectivity index (χ0v) is 11.5. The minimum absolute atomic E-state index is 0.502. The minimum Gasteiger partial charge on any atom is -0.377 e. The zero-order chi connectivity index (χ0) is 11.5. The molecule has 1 heterocycles. The van der Waals surface area contributed by atoms with Gasteiger partial charge in [0.2, 0.25) is 0 Å². The normalized spacial score (nSPS) is 20.8. The van der Waals surface area contributed by atoms with Crippen LogP contribution in [0.5, 0.6) is 0 Å². The molecule has 1 atom stereocenters. The SMILES string of the molecule is CN(C)c1cccc(Br)c1C1CCCCN1. The van der Waals surface area contributed by atoms with E-state index in [4.69, 9.17) is 0 Å². The van der Waals surface area contributed by atoms with Crippen LogP contribution < -0.4 is 10.2 Å². The van der Waals surface area contributed by atoms with Gasteiger partial charge in [0.15, 0.2) is 0 Å². The molecular weight excluding hydrogens is 264 g/mol. The molecule has 0 bridgehead atoms. The summed E-state index contributed by atoms with van der Waals surface area (Å²) in [5, 5.41) is 3.61. The highest BCUT2D eigenvalue weighted by atomic mass is 79.9. The van der Waals surface area contributed by atoms with Gasteiger partial charge in [0.1, 0.15) is 0 Å². The van der Waals surface area contributed by atoms with Crippen LogP contribution in [0.3, 0.4) is 0 Å². The molecule has 2 rings (SSSR count). The Morgan fingerprint density at radius 1 is 1.31 bits per heavy atom. The second kappa shape index (κ2) is 5.19. The number of piperidine rings is 1. The molecule has 1 aliphatic heterocycles. The van der Waals surface area contributed by atoms with Gasteiger partial charge in [-0.2, -0.15) is 0 Å². The predicted molar refractivity (Wildman–Crippen MR) is 73.1 cm³/mol. The molecule has 0 radical (unpaired) electrons. The van der Waals surface area contributed by atoms with Crippen LogP contribution in [-0.4, -0.2) is 20.6 Å². The first kappa shape index (κ1) is 11.9. The first-order valence-electron chi connectivity index (χ1n) is 5.89. The second-order valence-corrected chi connectivity index (χ2v) is 5.42. The van der Waals surface area contributed by atoms with Crippen LogP contribution in [-0.2, 0) is 0 Å². The highest BCUT2D eigenvalue weighted by Crippen LogP contribution is 2.35. The highest BCUT2D eigenvalue weighted by Gasteiger charge is 2.20. The van der Waals surface area contributed by atoms with Gasteiger partial charge < -0.3 is 10.2 Å². The fraction of sp³-hybridized carbons (Fsp3) is 0.538. The summed E-state index contributed by atoms with van der Waals surface area (Å²) < 4.78 is 1.22. The van der Waals surface area contributed by atoms with Crippen molar-refractivity contribution in [2.45, 2.75) is 25.3 Å². The van der Waals surface area contributed by atoms with Gasteiger partial charge in [0, 0.05) is 35.9 Å². The van der Waals surface area contributed by atoms with Gasteiger partial charge in [-0.25, -0.2) is 0 Å². The standard InChI is InChI=1S/C13H19BrN2/c1-16(2)12-8-5-6-10(14)13(12)11-7-3-4-9-15-11/h5-6,8,11,15H,3-4,7,9H2,1-2H3. The molecular formula is C13H19BrN2. The van der Waals surface area contributed by atoms with Crippen molar-refractivity contribution in [1.29, 1.82) is 0 Å². The lowest BCUT2D eigenvalue weighted by atomic mass is 9.96. The van der Waals surface area contributed by atoms with Gasteiger partial charge in [-0.05, 0) is 31.5 Å². The van der Waals surface area contributed by atoms with E-state index in [0.717, 1.165) is 6.54 Å². The van der Waals surface area contributed by atoms with Gasteiger partial charge in [-0.3, -0.25) is 0 Å². The summed E-state index contributed by atoms with van der Waals surface area (Å²) in [4.78, 5) is 2.19. The lowest BCUT2D eigenvalue weighted by Gasteiger charge is -2.29. The highest BCUT2D eigenvalue weighted by molar-refractivity contribution is 9.10. The number of nitrogens with one attached hydrogen (secondary N) is 1. The Morgan fingerprint density at radius 2 is 2.12 bits per heavy atom. The van der Waals surface area contributed by atoms with Crippen molar-refractivity contribution in [3.63, 3.8) is 0 Å². The third kappa shape index (κ3) is 2.41. The Kier molecular flexibility index (Phi) is 3.87. The summed E-state index contributed by atoms with van der Waals surface area (Å²) in [6.45, 7) is 1.14. The van der Waals surface area contributed by atoms with Crippen molar-refractivity contribution in [2.75, 3.05) is 25.5 Å². The third-order valence-corrected chi connectivity index (χ3v) is 3.86. The van der Waals surface area contributed by atoms with Gasteiger partial charge in [0.05, 0.1) is 0 Å². The molecule has 1 aromatic carbocycles. The van der Waals surface area contributed by atoms with Crippen LogP contribution >= 0.6 is 15.9 Å². The lowest BCUT2D eigenvalue weighted by Crippen LogP contribution is -2.28. The van der Waals surface area contributed by atoms with E-state index in [1.807, 2.05) is 0 Å². The average Bonchev–Trinajstić information content (AvgIpc) is 2.29. The molecule has 1 aliphatic rings. The predicted octanol–water partition coefficient (Wildman–Crippen LogP) is 3.33. The minimum atomic E-state index is 0.502. The fourth-order valence-corrected chi connectivity index (χ4v) is 2.99. The molecule has 0 spiro atoms. The molecule has 0 saturated carbocycles. The van der Waals surface area contributed by atoms with Crippen LogP contribution in [0.25, 0.3) is 0 Å². The Hall–Kier alpha value is -0.540. The molecule has 88 valence electrons. The number of rotatable bonds is 2. The maximum atomic E-state index is 3.68. The van der Waals surface area contributed by atoms with E-state index in [9.17, 15) is 0 Å². The van der Waals surface area contributed by atoms with Crippen molar-refractivity contribution in [3.05, 3.63) is 28.2 Å². The number of halogens is 1. The Labute approximate surface area is 106 Å². The fourth-order valence-electron chi connectivity index (χ4n) is 2.36. The van der Waals surface area contributed by atoms with Crippen molar-refractivity contribution in [1.82, 2.24) is 5.32 Å². The van der Waals surface area contributed by atoms with E-state index in [1.165, 1.54) is 35.0 Å². The zero-order valence-electron chi connectivity index (χ0n) is 9.96. The Bertz CT molecular complexity index is 357. The largest absolute Gasteiger partial charge is 0.377 e. The molecule has 1 fully saturated rings. The van der Waals surface area contributed by atoms with Crippen LogP contribution in [0, 0.1) is 0 Å². The molecule has 3 heteroatoms. The quantitative estimate of drug-likeness (QED) is 0.895. The smallest absolute Gasteiger partial charge is 0.0420 e. The Morgan fingerprint density at radius 3 is 2.75 bits per heavy atom. The van der Waals surface area contributed by atoms with E-state index >= 15 is 0 Å². The lowest BCUT2D eigenvalue weighted by molar-refractivity contribution is 0.411. The molecule has 16 heavy (non-hydrogen) atoms. The van der Waals surface area contributed by atoms with Crippen molar-refractivity contribution < 1.29 is 0 Å². The molecule has 0 aromatic heterocycles. The maximum Gasteiger partial charge on any atom is 0.0420 e. The molecule has 1 aromatic rings. The van der Waals surface area contributed by atoms with Crippen LogP contribution in [0.2, 0.25) is 0 Å². The van der Waals surface area contributed by atoms with Gasteiger partial charge >= 0.3 is 0 Å². The second-order valence-electron chi connectivity index (χ2n) is 4.57. The van der Waals surface area contributed by atoms with E-state index in [0.29, 0.717) is 6.04 Å². The van der Waals surface area contributed by atoms with E-state index < -0.39 is 0 Å². The van der Waals surface area contributed by atoms with Crippen LogP contribution in [0.15, 0.2) is 22.7 Å². The number of hydrogen-bond donors (Lipinski definition) is 1. The third-order valence-electron chi connectivity index (χ3n) is 3.17. The van der Waals surface area contributed by atoms with E-state index in [-0.39, 0.29) is 0 Å². The van der Waals surface area contributed by atoms with Gasteiger partial charge in [-0.1, -0.05) is 28.4 Å². The molecule has 1 saturated heterocycles. The van der Waals surface area contributed by atoms with Crippen LogP contribution in [0.1, 0.15) is 30.9 Å². The average molecular weight is 283 g/mol. The molecule has 1 unspecified atom stereocenters. The molecule has 2 nitrogen and oxygen atoms in total. The molecule has 0 aliphatic carbocycles. The van der Waals surface area contributed by atoms with Crippen molar-refractivity contribution in [3.8, 4) is 0 Å². The summed E-state index contributed by atoms with van der Waals surface area (Å²) in [6.07, 6.45) is 3.87. The molecule has 0 amide bonds. The van der Waals surface area contributed by atoms with Crippen molar-refractivity contribution in [2.24, 2.45) is 0 Å². The summed E-state index contributed by atoms with van der Waals surface area (Å²) >= 11 is 3.68. The summed E-state index contributed by atoms with van der Waals surface area (Å²) in [5.74, 6) is 0. The van der Waals surface area contributed by atoms with E-state index in [2.05, 4.69) is 58.4 Å². The number of hydrogen-bond acceptors (Lipinski definition) is 2. The maximum absolute atomic E-state index is 3.68. The number of nitrogens with zero attached hydrogens (tertiary/aromatic N) is 1. The first-order chi connectivity index (χ1) is 7.70. The summed E-state index contributed by atoms with van der Waals surface area (Å²) in [6, 6.07) is 6.93. The first-order valence-corrected chi connectivity index (χ1v) is 6.68. The summed E-state index contributed by atoms with van der Waals surface area (Å²) in [5.41, 5.74) is 2.72. The van der Waals surface area contributed by atoms with Crippen molar-refractivity contribution >= 4 is 21.6 Å². The van der Waals surface area contributed by atoms with Gasteiger partial charge in [0.25, 0.3) is 0 Å². The topological polar surface area (TPSA) is 15.3 Å². The Balaban J connectivity index is 2.36. The monoisotopic (exact) mass is 282 g/mol. The molecule has 1 N–H and O–H groups in total. The van der Waals surface area contributed by atoms with E-state index in [1.54, 1.807) is 0 Å². The summed E-state index contributed by atoms with van der Waals surface area (Å²) in [7, 11) is 4.21. The number of benzene rings is 1. The number of anilines is 1. The van der Waals surface area contributed by atoms with Gasteiger partial charge in [-0.15, -0.1) is 0 Å². The van der Waals surface area contributed by atoms with Crippen LogP contribution in [0.4, 0.5) is 5.69 Å².